The Morgan fingerprint density at radius 1 is 0.613 bits per heavy atom. The number of fused-ring (bicyclic) bond motifs is 2. The topological polar surface area (TPSA) is 154 Å². The Bertz CT molecular complexity index is 2650. The van der Waals surface area contributed by atoms with Crippen molar-refractivity contribution in [3.63, 3.8) is 0 Å². The molecule has 0 spiro atoms. The van der Waals surface area contributed by atoms with Gasteiger partial charge in [-0.05, 0) is 97.4 Å². The van der Waals surface area contributed by atoms with Crippen LogP contribution in [0.2, 0.25) is 20.1 Å². The van der Waals surface area contributed by atoms with Gasteiger partial charge >= 0.3 is 11.9 Å². The molecule has 62 heavy (non-hydrogen) atoms. The number of benzene rings is 6. The number of hydrogen-bond acceptors (Lipinski definition) is 9. The molecule has 0 aliphatic carbocycles. The van der Waals surface area contributed by atoms with E-state index >= 15 is 0 Å². The van der Waals surface area contributed by atoms with Crippen LogP contribution >= 0.6 is 62.3 Å². The molecule has 0 aliphatic rings. The minimum atomic E-state index is -1.23. The number of phenolic OH excluding ortho intramolecular Hbond substituents is 1. The summed E-state index contributed by atoms with van der Waals surface area (Å²) >= 11 is 26.9. The molecular weight excluding hydrogens is 942 g/mol. The number of aromatic nitrogens is 6. The van der Waals surface area contributed by atoms with Crippen molar-refractivity contribution in [1.82, 2.24) is 30.0 Å². The van der Waals surface area contributed by atoms with Crippen LogP contribution in [0.25, 0.3) is 33.4 Å². The van der Waals surface area contributed by atoms with Gasteiger partial charge in [0.05, 0.1) is 6.61 Å². The van der Waals surface area contributed by atoms with E-state index in [-0.39, 0.29) is 39.7 Å². The van der Waals surface area contributed by atoms with E-state index in [1.54, 1.807) is 85.8 Å². The van der Waals surface area contributed by atoms with Crippen LogP contribution in [0.5, 0.6) is 11.5 Å². The average Bonchev–Trinajstić information content (AvgIpc) is 3.87. The van der Waals surface area contributed by atoms with E-state index in [0.29, 0.717) is 54.7 Å². The highest BCUT2D eigenvalue weighted by Crippen LogP contribution is 2.32. The van der Waals surface area contributed by atoms with E-state index < -0.39 is 16.9 Å². The van der Waals surface area contributed by atoms with E-state index in [4.69, 9.17) is 55.9 Å². The van der Waals surface area contributed by atoms with Gasteiger partial charge in [0, 0.05) is 25.7 Å². The molecule has 2 unspecified atom stereocenters. The predicted octanol–water partition coefficient (Wildman–Crippen LogP) is 13.0. The van der Waals surface area contributed by atoms with Crippen LogP contribution in [0.1, 0.15) is 51.3 Å². The molecule has 0 amide bonds. The van der Waals surface area contributed by atoms with Gasteiger partial charge in [0.1, 0.15) is 49.8 Å². The van der Waals surface area contributed by atoms with Crippen LogP contribution in [0.15, 0.2) is 133 Å². The summed E-state index contributed by atoms with van der Waals surface area (Å²) < 4.78 is 10.7. The smallest absolute Gasteiger partial charge is 0.349 e. The molecule has 0 aliphatic heterocycles. The van der Waals surface area contributed by atoms with E-state index in [2.05, 4.69) is 36.3 Å². The zero-order valence-electron chi connectivity index (χ0n) is 30.7. The van der Waals surface area contributed by atoms with Crippen LogP contribution in [-0.2, 0) is 14.3 Å². The summed E-state index contributed by atoms with van der Waals surface area (Å²) in [5, 5.41) is 38.9. The number of carboxylic acid groups (broad SMARTS) is 1. The summed E-state index contributed by atoms with van der Waals surface area (Å²) in [6.07, 6.45) is -1.23. The third kappa shape index (κ3) is 12.9. The lowest BCUT2D eigenvalue weighted by Gasteiger charge is -2.18. The number of ether oxygens (including phenoxy) is 2. The van der Waals surface area contributed by atoms with Crippen molar-refractivity contribution >= 4 is 96.3 Å². The molecule has 6 aromatic carbocycles. The number of carbonyl (C=O) groups is 2. The summed E-state index contributed by atoms with van der Waals surface area (Å²) in [7, 11) is 0. The summed E-state index contributed by atoms with van der Waals surface area (Å²) in [6.45, 7) is 2.16. The molecule has 8 aromatic rings. The minimum Gasteiger partial charge on any atom is -0.506 e. The third-order valence-electron chi connectivity index (χ3n) is 8.16. The number of esters is 1. The van der Waals surface area contributed by atoms with Gasteiger partial charge < -0.3 is 19.7 Å². The van der Waals surface area contributed by atoms with Crippen LogP contribution in [0.4, 0.5) is 0 Å². The van der Waals surface area contributed by atoms with Crippen LogP contribution in [0, 0.1) is 0 Å². The Labute approximate surface area is 387 Å². The number of hydrogen-bond donors (Lipinski definition) is 2. The fourth-order valence-electron chi connectivity index (χ4n) is 5.35. The maximum atomic E-state index is 11.8. The van der Waals surface area contributed by atoms with Gasteiger partial charge in [-0.3, -0.25) is 4.79 Å². The molecule has 12 nitrogen and oxygen atoms in total. The number of phenols is 1. The lowest BCUT2D eigenvalue weighted by Crippen LogP contribution is -2.19. The first-order valence-electron chi connectivity index (χ1n) is 17.5. The molecule has 0 radical (unpaired) electrons. The monoisotopic (exact) mass is 982 g/mol. The number of aromatic hydroxyl groups is 1. The first-order valence-corrected chi connectivity index (χ1v) is 20.0. The summed E-state index contributed by atoms with van der Waals surface area (Å²) in [4.78, 5) is 25.5. The molecule has 0 saturated carbocycles. The fraction of sp³-hybridized carbons (Fsp3) is 0.156. The number of carbonyl (C=O) groups excluding carboxylic acids is 1. The number of carboxylic acids is 1. The Kier molecular flexibility index (Phi) is 19.2. The molecule has 324 valence electrons. The number of nitrogens with zero attached hydrogens (tertiary/aromatic N) is 6. The van der Waals surface area contributed by atoms with Gasteiger partial charge in [-0.25, -0.2) is 4.79 Å². The highest BCUT2D eigenvalue weighted by molar-refractivity contribution is 9.09. The van der Waals surface area contributed by atoms with E-state index in [0.717, 1.165) is 16.6 Å². The molecule has 8 rings (SSSR count). The Hall–Kier alpha value is -5.70. The van der Waals surface area contributed by atoms with Gasteiger partial charge in [0.2, 0.25) is 6.10 Å². The lowest BCUT2D eigenvalue weighted by molar-refractivity contribution is -0.145. The van der Waals surface area contributed by atoms with Gasteiger partial charge in [-0.1, -0.05) is 133 Å². The highest BCUT2D eigenvalue weighted by atomic mass is 79.9. The number of halogens is 5. The molecule has 0 bridgehead atoms. The lowest BCUT2D eigenvalue weighted by atomic mass is 10.1. The number of alkyl halides is 1. The molecule has 0 saturated heterocycles. The molecule has 2 N–H and O–H groups in total. The number of rotatable bonds is 9. The summed E-state index contributed by atoms with van der Waals surface area (Å²) in [5.41, 5.74) is 5.13. The first kappa shape index (κ1) is 50.7. The van der Waals surface area contributed by atoms with E-state index in [9.17, 15) is 19.8 Å². The standard InChI is InChI=1S/C20H13Cl2N3O3.C12H8ClN3O.C10H10BrClO2.3CH4/c21-13-7-5-12(6-8-13)19(20(26)27)28-18-10-9-14(22)11-17(18)25-23-15-3-1-2-4-16(15)24-25;13-8-5-6-12(17)11(7-8)16-14-9-3-1-2-4-10(9)15-16;1-2-14-10(13)9(11)7-3-5-8(12)6-4-7;;;/h1-11,19H,(H,26,27);1-7,17H;3-6,9H,2H2,1H3;3*1H4. The van der Waals surface area contributed by atoms with Crippen molar-refractivity contribution in [2.24, 2.45) is 0 Å². The highest BCUT2D eigenvalue weighted by Gasteiger charge is 2.24. The molecule has 2 atom stereocenters. The van der Waals surface area contributed by atoms with Gasteiger partial charge in [0.15, 0.2) is 0 Å². The second-order valence-electron chi connectivity index (χ2n) is 12.3. The maximum Gasteiger partial charge on any atom is 0.349 e. The van der Waals surface area contributed by atoms with Crippen molar-refractivity contribution in [2.45, 2.75) is 40.1 Å². The second-order valence-corrected chi connectivity index (χ2v) is 14.9. The van der Waals surface area contributed by atoms with Crippen molar-refractivity contribution in [1.29, 1.82) is 0 Å². The molecule has 2 heterocycles. The Morgan fingerprint density at radius 2 is 1.02 bits per heavy atom. The second kappa shape index (κ2) is 23.5. The van der Waals surface area contributed by atoms with Crippen molar-refractivity contribution < 1.29 is 29.3 Å². The molecular formula is C45H43BrCl4N6O6. The SMILES string of the molecule is C.C.C.CCOC(=O)C(Br)c1ccc(Cl)cc1.O=C(O)C(Oc1ccc(Cl)cc1-n1nc2ccccc2n1)c1ccc(Cl)cc1.Oc1ccc(Cl)cc1-n1nc2ccccc2n1. The van der Waals surface area contributed by atoms with Crippen molar-refractivity contribution in [2.75, 3.05) is 6.61 Å². The number of aliphatic carboxylic acids is 1. The minimum absolute atomic E-state index is 0. The quantitative estimate of drug-likeness (QED) is 0.105. The normalized spacial score (nSPS) is 11.2. The average molecular weight is 986 g/mol. The fourth-order valence-corrected chi connectivity index (χ4v) is 6.37. The zero-order valence-corrected chi connectivity index (χ0v) is 35.3. The molecule has 0 fully saturated rings. The zero-order chi connectivity index (χ0) is 42.1. The Morgan fingerprint density at radius 3 is 1.47 bits per heavy atom. The van der Waals surface area contributed by atoms with Gasteiger partial charge in [0.25, 0.3) is 0 Å². The van der Waals surface area contributed by atoms with Gasteiger partial charge in [-0.15, -0.1) is 30.0 Å². The largest absolute Gasteiger partial charge is 0.506 e. The molecule has 17 heteroatoms. The molecule has 2 aromatic heterocycles. The summed E-state index contributed by atoms with van der Waals surface area (Å²) in [5.74, 6) is -1.04. The predicted molar refractivity (Wildman–Crippen MR) is 252 cm³/mol. The van der Waals surface area contributed by atoms with Crippen LogP contribution < -0.4 is 4.74 Å². The Balaban J connectivity index is 0.000000260. The first-order chi connectivity index (χ1) is 28.4. The van der Waals surface area contributed by atoms with E-state index in [1.807, 2.05) is 48.5 Å². The summed E-state index contributed by atoms with van der Waals surface area (Å²) in [6, 6.07) is 38.0. The van der Waals surface area contributed by atoms with Crippen LogP contribution in [-0.4, -0.2) is 58.7 Å². The third-order valence-corrected chi connectivity index (χ3v) is 10.0. The van der Waals surface area contributed by atoms with Crippen LogP contribution in [0.3, 0.4) is 0 Å². The maximum absolute atomic E-state index is 11.8. The van der Waals surface area contributed by atoms with Crippen molar-refractivity contribution in [3.8, 4) is 22.9 Å². The van der Waals surface area contributed by atoms with E-state index in [1.165, 1.54) is 15.7 Å². The van der Waals surface area contributed by atoms with Gasteiger partial charge in [-0.2, -0.15) is 0 Å². The van der Waals surface area contributed by atoms with Crippen molar-refractivity contribution in [3.05, 3.63) is 165 Å².